The Morgan fingerprint density at radius 1 is 1.22 bits per heavy atom. The molecule has 0 aromatic heterocycles. The zero-order valence-electron chi connectivity index (χ0n) is 14.7. The van der Waals surface area contributed by atoms with Crippen LogP contribution in [0.1, 0.15) is 52.0 Å². The summed E-state index contributed by atoms with van der Waals surface area (Å²) in [4.78, 5) is 24.2. The van der Waals surface area contributed by atoms with Gasteiger partial charge in [0.2, 0.25) is 5.91 Å². The van der Waals surface area contributed by atoms with Crippen molar-refractivity contribution in [2.45, 2.75) is 52.9 Å². The van der Waals surface area contributed by atoms with E-state index in [2.05, 4.69) is 20.8 Å². The van der Waals surface area contributed by atoms with Crippen LogP contribution in [0.25, 0.3) is 0 Å². The van der Waals surface area contributed by atoms with Crippen molar-refractivity contribution in [1.29, 1.82) is 0 Å². The number of hydrogen-bond acceptors (Lipinski definition) is 3. The van der Waals surface area contributed by atoms with Crippen LogP contribution in [0.2, 0.25) is 0 Å². The number of hydrogen-bond donors (Lipinski definition) is 0. The minimum atomic E-state index is -0.405. The number of nitro groups is 1. The average Bonchev–Trinajstić information content (AvgIpc) is 2.50. The Morgan fingerprint density at radius 2 is 1.83 bits per heavy atom. The van der Waals surface area contributed by atoms with E-state index in [-0.39, 0.29) is 17.0 Å². The van der Waals surface area contributed by atoms with Gasteiger partial charge in [0.1, 0.15) is 0 Å². The van der Waals surface area contributed by atoms with Crippen molar-refractivity contribution in [2.75, 3.05) is 13.6 Å². The van der Waals surface area contributed by atoms with E-state index >= 15 is 0 Å². The Bertz CT molecular complexity index is 524. The van der Waals surface area contributed by atoms with Crippen LogP contribution in [0.4, 0.5) is 5.69 Å². The quantitative estimate of drug-likeness (QED) is 0.506. The molecule has 1 aromatic carbocycles. The summed E-state index contributed by atoms with van der Waals surface area (Å²) in [7, 11) is 1.82. The summed E-state index contributed by atoms with van der Waals surface area (Å²) in [6.07, 6.45) is 4.45. The summed E-state index contributed by atoms with van der Waals surface area (Å²) in [5.41, 5.74) is 1.31. The maximum atomic E-state index is 12.2. The van der Waals surface area contributed by atoms with Gasteiger partial charge in [0.05, 0.1) is 4.92 Å². The molecule has 0 heterocycles. The zero-order chi connectivity index (χ0) is 17.5. The molecule has 0 spiro atoms. The third-order valence-electron chi connectivity index (χ3n) is 4.25. The minimum absolute atomic E-state index is 0.0938. The number of non-ortho nitro benzene ring substituents is 1. The molecule has 5 nitrogen and oxygen atoms in total. The monoisotopic (exact) mass is 320 g/mol. The Morgan fingerprint density at radius 3 is 2.35 bits per heavy atom. The van der Waals surface area contributed by atoms with Crippen molar-refractivity contribution in [3.8, 4) is 0 Å². The molecule has 1 rings (SSSR count). The van der Waals surface area contributed by atoms with Crippen molar-refractivity contribution in [2.24, 2.45) is 5.41 Å². The summed E-state index contributed by atoms with van der Waals surface area (Å²) < 4.78 is 0. The molecule has 0 aliphatic rings. The van der Waals surface area contributed by atoms with Gasteiger partial charge in [-0.15, -0.1) is 0 Å². The molecule has 0 atom stereocenters. The molecule has 0 N–H and O–H groups in total. The van der Waals surface area contributed by atoms with Gasteiger partial charge in [-0.2, -0.15) is 0 Å². The van der Waals surface area contributed by atoms with Crippen LogP contribution in [0, 0.1) is 15.5 Å². The third kappa shape index (κ3) is 6.80. The van der Waals surface area contributed by atoms with E-state index in [1.165, 1.54) is 12.1 Å². The van der Waals surface area contributed by atoms with Gasteiger partial charge in [0.25, 0.3) is 5.69 Å². The van der Waals surface area contributed by atoms with E-state index in [0.29, 0.717) is 19.4 Å². The minimum Gasteiger partial charge on any atom is -0.345 e. The first-order chi connectivity index (χ1) is 10.7. The molecular weight excluding hydrogens is 292 g/mol. The third-order valence-corrected chi connectivity index (χ3v) is 4.25. The first kappa shape index (κ1) is 19.1. The van der Waals surface area contributed by atoms with Gasteiger partial charge in [-0.05, 0) is 30.2 Å². The second-order valence-corrected chi connectivity index (χ2v) is 6.90. The van der Waals surface area contributed by atoms with Crippen molar-refractivity contribution >= 4 is 11.6 Å². The van der Waals surface area contributed by atoms with Crippen molar-refractivity contribution in [3.63, 3.8) is 0 Å². The van der Waals surface area contributed by atoms with Gasteiger partial charge in [-0.3, -0.25) is 14.9 Å². The fraction of sp³-hybridized carbons (Fsp3) is 0.611. The van der Waals surface area contributed by atoms with E-state index in [1.54, 1.807) is 17.0 Å². The molecule has 128 valence electrons. The summed E-state index contributed by atoms with van der Waals surface area (Å²) in [5, 5.41) is 10.6. The van der Waals surface area contributed by atoms with Crippen LogP contribution < -0.4 is 0 Å². The maximum Gasteiger partial charge on any atom is 0.269 e. The van der Waals surface area contributed by atoms with Crippen molar-refractivity contribution < 1.29 is 9.72 Å². The van der Waals surface area contributed by atoms with Gasteiger partial charge in [-0.25, -0.2) is 0 Å². The molecule has 0 aliphatic carbocycles. The number of amides is 1. The molecular formula is C18H28N2O3. The van der Waals surface area contributed by atoms with Gasteiger partial charge in [-0.1, -0.05) is 39.3 Å². The smallest absolute Gasteiger partial charge is 0.269 e. The summed E-state index contributed by atoms with van der Waals surface area (Å²) in [6.45, 7) is 7.21. The molecule has 0 saturated carbocycles. The van der Waals surface area contributed by atoms with Gasteiger partial charge >= 0.3 is 0 Å². The van der Waals surface area contributed by atoms with E-state index in [9.17, 15) is 14.9 Å². The lowest BCUT2D eigenvalue weighted by Crippen LogP contribution is -2.29. The van der Waals surface area contributed by atoms with E-state index in [4.69, 9.17) is 0 Å². The zero-order valence-corrected chi connectivity index (χ0v) is 14.7. The number of carbonyl (C=O) groups excluding carboxylic acids is 1. The SMILES string of the molecule is CCCC(C)(C)CCC(=O)N(C)CCc1ccc([N+](=O)[O-])cc1. The number of nitro benzene ring substituents is 1. The summed E-state index contributed by atoms with van der Waals surface area (Å²) in [5.74, 6) is 0.163. The molecule has 0 fully saturated rings. The predicted octanol–water partition coefficient (Wildman–Crippen LogP) is 4.20. The van der Waals surface area contributed by atoms with Crippen LogP contribution in [-0.4, -0.2) is 29.3 Å². The normalized spacial score (nSPS) is 11.3. The van der Waals surface area contributed by atoms with Gasteiger partial charge in [0, 0.05) is 32.1 Å². The number of likely N-dealkylation sites (N-methyl/N-ethyl adjacent to an activating group) is 1. The van der Waals surface area contributed by atoms with Gasteiger partial charge < -0.3 is 4.90 Å². The molecule has 0 bridgehead atoms. The largest absolute Gasteiger partial charge is 0.345 e. The molecule has 0 unspecified atom stereocenters. The van der Waals surface area contributed by atoms with E-state index in [0.717, 1.165) is 24.8 Å². The first-order valence-electron chi connectivity index (χ1n) is 8.22. The second kappa shape index (κ2) is 8.65. The lowest BCUT2D eigenvalue weighted by Gasteiger charge is -2.25. The maximum absolute atomic E-state index is 12.2. The fourth-order valence-corrected chi connectivity index (χ4v) is 2.64. The molecule has 0 aliphatic heterocycles. The molecule has 0 saturated heterocycles. The summed E-state index contributed by atoms with van der Waals surface area (Å²) in [6, 6.07) is 6.51. The fourth-order valence-electron chi connectivity index (χ4n) is 2.64. The van der Waals surface area contributed by atoms with Crippen LogP contribution >= 0.6 is 0 Å². The standard InChI is InChI=1S/C18H28N2O3/c1-5-12-18(2,3)13-10-17(21)19(4)14-11-15-6-8-16(9-7-15)20(22)23/h6-9H,5,10-14H2,1-4H3. The molecule has 1 amide bonds. The Hall–Kier alpha value is -1.91. The number of carbonyl (C=O) groups is 1. The Kier molecular flexibility index (Phi) is 7.20. The predicted molar refractivity (Wildman–Crippen MR) is 92.4 cm³/mol. The molecule has 0 radical (unpaired) electrons. The second-order valence-electron chi connectivity index (χ2n) is 6.90. The highest BCUT2D eigenvalue weighted by atomic mass is 16.6. The lowest BCUT2D eigenvalue weighted by atomic mass is 9.83. The Balaban J connectivity index is 2.42. The number of nitrogens with zero attached hydrogens (tertiary/aromatic N) is 2. The summed E-state index contributed by atoms with van der Waals surface area (Å²) >= 11 is 0. The van der Waals surface area contributed by atoms with Crippen molar-refractivity contribution in [1.82, 2.24) is 4.90 Å². The number of rotatable bonds is 9. The molecule has 23 heavy (non-hydrogen) atoms. The lowest BCUT2D eigenvalue weighted by molar-refractivity contribution is -0.384. The first-order valence-corrected chi connectivity index (χ1v) is 8.22. The highest BCUT2D eigenvalue weighted by Gasteiger charge is 2.19. The Labute approximate surface area is 138 Å². The highest BCUT2D eigenvalue weighted by Crippen LogP contribution is 2.28. The van der Waals surface area contributed by atoms with Crippen LogP contribution in [0.3, 0.4) is 0 Å². The van der Waals surface area contributed by atoms with E-state index in [1.807, 2.05) is 7.05 Å². The average molecular weight is 320 g/mol. The molecule has 1 aromatic rings. The topological polar surface area (TPSA) is 63.5 Å². The number of benzene rings is 1. The molecule has 5 heteroatoms. The van der Waals surface area contributed by atoms with Gasteiger partial charge in [0.15, 0.2) is 0 Å². The highest BCUT2D eigenvalue weighted by molar-refractivity contribution is 5.75. The van der Waals surface area contributed by atoms with Crippen LogP contribution in [-0.2, 0) is 11.2 Å². The van der Waals surface area contributed by atoms with Crippen LogP contribution in [0.5, 0.6) is 0 Å². The van der Waals surface area contributed by atoms with Crippen molar-refractivity contribution in [3.05, 3.63) is 39.9 Å². The van der Waals surface area contributed by atoms with E-state index < -0.39 is 4.92 Å². The van der Waals surface area contributed by atoms with Crippen LogP contribution in [0.15, 0.2) is 24.3 Å².